The minimum atomic E-state index is -4.20. The van der Waals surface area contributed by atoms with Gasteiger partial charge in [0.25, 0.3) is 5.91 Å². The van der Waals surface area contributed by atoms with E-state index in [0.717, 1.165) is 54.5 Å². The number of fused-ring (bicyclic) bond motifs is 1. The normalized spacial score (nSPS) is 18.7. The smallest absolute Gasteiger partial charge is 0.258 e. The average Bonchev–Trinajstić information content (AvgIpc) is 3.39. The van der Waals surface area contributed by atoms with Crippen LogP contribution < -0.4 is 10.6 Å². The number of aromatic amines is 1. The minimum absolute atomic E-state index is 0.0901. The van der Waals surface area contributed by atoms with Crippen molar-refractivity contribution in [2.24, 2.45) is 0 Å². The van der Waals surface area contributed by atoms with E-state index in [1.165, 1.54) is 0 Å². The molecule has 0 saturated carbocycles. The number of nitrogens with zero attached hydrogens (tertiary/aromatic N) is 3. The molecule has 11 nitrogen and oxygen atoms in total. The van der Waals surface area contributed by atoms with E-state index in [1.54, 1.807) is 6.07 Å². The summed E-state index contributed by atoms with van der Waals surface area (Å²) in [5.41, 5.74) is 3.40. The molecule has 0 unspecified atom stereocenters. The zero-order valence-electron chi connectivity index (χ0n) is 23.6. The van der Waals surface area contributed by atoms with Crippen molar-refractivity contribution in [3.05, 3.63) is 70.4 Å². The molecule has 3 N–H and O–H groups in total. The fourth-order valence-corrected chi connectivity index (χ4v) is 7.12. The summed E-state index contributed by atoms with van der Waals surface area (Å²) in [4.78, 5) is 15.5. The second kappa shape index (κ2) is 12.7. The fraction of sp³-hybridized carbons (Fsp3) is 0.448. The summed E-state index contributed by atoms with van der Waals surface area (Å²) in [5, 5.41) is 13.6. The van der Waals surface area contributed by atoms with E-state index in [0.29, 0.717) is 61.4 Å². The van der Waals surface area contributed by atoms with E-state index in [2.05, 4.69) is 25.7 Å². The fourth-order valence-electron chi connectivity index (χ4n) is 5.67. The largest absolute Gasteiger partial charge is 0.381 e. The molecule has 0 bridgehead atoms. The third-order valence-corrected chi connectivity index (χ3v) is 9.85. The zero-order valence-corrected chi connectivity index (χ0v) is 24.4. The molecule has 2 aromatic carbocycles. The molecule has 4 heterocycles. The highest BCUT2D eigenvalue weighted by atomic mass is 32.2. The number of ether oxygens (including phenoxy) is 2. The van der Waals surface area contributed by atoms with Gasteiger partial charge in [-0.15, -0.1) is 0 Å². The number of rotatable bonds is 8. The van der Waals surface area contributed by atoms with E-state index < -0.39 is 32.5 Å². The topological polar surface area (TPSA) is 129 Å². The Morgan fingerprint density at radius 2 is 1.72 bits per heavy atom. The van der Waals surface area contributed by atoms with Gasteiger partial charge in [0.2, 0.25) is 10.0 Å². The summed E-state index contributed by atoms with van der Waals surface area (Å²) in [6.45, 7) is 5.08. The number of sulfonamides is 1. The number of anilines is 2. The molecule has 0 atom stereocenters. The molecular formula is C29H34F2N6O5S. The Labute approximate surface area is 248 Å². The van der Waals surface area contributed by atoms with E-state index >= 15 is 0 Å². The first-order chi connectivity index (χ1) is 20.8. The predicted octanol–water partition coefficient (Wildman–Crippen LogP) is 3.11. The van der Waals surface area contributed by atoms with Gasteiger partial charge < -0.3 is 20.1 Å². The van der Waals surface area contributed by atoms with E-state index in [9.17, 15) is 22.0 Å². The van der Waals surface area contributed by atoms with Gasteiger partial charge in [0.15, 0.2) is 5.82 Å². The lowest BCUT2D eigenvalue weighted by atomic mass is 10.0. The van der Waals surface area contributed by atoms with Crippen LogP contribution in [0.25, 0.3) is 0 Å². The number of nitrogens with one attached hydrogen (secondary N) is 3. The molecule has 2 saturated heterocycles. The van der Waals surface area contributed by atoms with Crippen molar-refractivity contribution in [1.82, 2.24) is 19.4 Å². The molecule has 3 aliphatic heterocycles. The van der Waals surface area contributed by atoms with Crippen molar-refractivity contribution < 1.29 is 31.5 Å². The molecule has 1 aromatic heterocycles. The molecule has 0 aliphatic carbocycles. The van der Waals surface area contributed by atoms with Crippen LogP contribution in [0.5, 0.6) is 0 Å². The molecule has 43 heavy (non-hydrogen) atoms. The number of amides is 1. The summed E-state index contributed by atoms with van der Waals surface area (Å²) in [5.74, 6) is -2.14. The molecule has 230 valence electrons. The van der Waals surface area contributed by atoms with E-state index in [1.807, 2.05) is 12.1 Å². The number of carbonyl (C=O) groups excluding carboxylic acids is 1. The maximum Gasteiger partial charge on any atom is 0.258 e. The van der Waals surface area contributed by atoms with Crippen molar-refractivity contribution in [3.63, 3.8) is 0 Å². The van der Waals surface area contributed by atoms with Crippen molar-refractivity contribution in [2.45, 2.75) is 43.3 Å². The van der Waals surface area contributed by atoms with Gasteiger partial charge >= 0.3 is 0 Å². The third-order valence-electron chi connectivity index (χ3n) is 8.02. The average molecular weight is 617 g/mol. The first-order valence-electron chi connectivity index (χ1n) is 14.4. The second-order valence-corrected chi connectivity index (χ2v) is 12.9. The summed E-state index contributed by atoms with van der Waals surface area (Å²) in [6.07, 6.45) is 1.93. The zero-order chi connectivity index (χ0) is 30.0. The Bertz CT molecular complexity index is 1570. The quantitative estimate of drug-likeness (QED) is 0.352. The van der Waals surface area contributed by atoms with Gasteiger partial charge in [0.05, 0.1) is 23.7 Å². The van der Waals surface area contributed by atoms with Crippen LogP contribution in [-0.2, 0) is 39.0 Å². The van der Waals surface area contributed by atoms with E-state index in [-0.39, 0.29) is 24.9 Å². The molecule has 14 heteroatoms. The van der Waals surface area contributed by atoms with Gasteiger partial charge in [-0.1, -0.05) is 6.07 Å². The molecule has 3 aromatic rings. The van der Waals surface area contributed by atoms with Crippen LogP contribution >= 0.6 is 0 Å². The maximum atomic E-state index is 13.8. The standard InChI is InChI=1S/C29H34F2N6O5S/c30-20-14-21(31)16-23(15-20)43(39,40)37-6-3-26-25(18-37)28(35-34-26)33-29(38)24-2-1-19(17-36-7-11-42-12-8-36)13-27(24)32-22-4-9-41-10-5-22/h1-2,13-16,22,32H,3-12,17-18H2,(H2,33,34,35,38). The lowest BCUT2D eigenvalue weighted by molar-refractivity contribution is 0.0342. The van der Waals surface area contributed by atoms with Gasteiger partial charge in [-0.25, -0.2) is 17.2 Å². The van der Waals surface area contributed by atoms with Gasteiger partial charge in [-0.3, -0.25) is 14.8 Å². The van der Waals surface area contributed by atoms with Crippen molar-refractivity contribution in [3.8, 4) is 0 Å². The maximum absolute atomic E-state index is 13.8. The molecule has 3 aliphatic rings. The highest BCUT2D eigenvalue weighted by Gasteiger charge is 2.32. The number of morpholine rings is 1. The second-order valence-electron chi connectivity index (χ2n) is 11.0. The number of halogens is 2. The highest BCUT2D eigenvalue weighted by molar-refractivity contribution is 7.89. The van der Waals surface area contributed by atoms with Gasteiger partial charge in [-0.05, 0) is 42.7 Å². The van der Waals surface area contributed by atoms with Crippen molar-refractivity contribution in [2.75, 3.05) is 56.7 Å². The molecule has 1 amide bonds. The summed E-state index contributed by atoms with van der Waals surface area (Å²) in [6, 6.07) is 8.10. The van der Waals surface area contributed by atoms with Crippen molar-refractivity contribution in [1.29, 1.82) is 0 Å². The minimum Gasteiger partial charge on any atom is -0.381 e. The summed E-state index contributed by atoms with van der Waals surface area (Å²) in [7, 11) is -4.20. The first kappa shape index (κ1) is 29.6. The SMILES string of the molecule is O=C(Nc1n[nH]c2c1CN(S(=O)(=O)c1cc(F)cc(F)c1)CC2)c1ccc(CN2CCOCC2)cc1NC1CCOCC1. The van der Waals surface area contributed by atoms with Crippen LogP contribution in [0.2, 0.25) is 0 Å². The third kappa shape index (κ3) is 6.73. The van der Waals surface area contributed by atoms with Crippen LogP contribution in [0, 0.1) is 11.6 Å². The van der Waals surface area contributed by atoms with Crippen LogP contribution in [-0.4, -0.2) is 85.8 Å². The van der Waals surface area contributed by atoms with Gasteiger partial charge in [-0.2, -0.15) is 9.40 Å². The van der Waals surface area contributed by atoms with Crippen LogP contribution in [0.1, 0.15) is 40.0 Å². The number of carbonyl (C=O) groups is 1. The van der Waals surface area contributed by atoms with Crippen LogP contribution in [0.4, 0.5) is 20.3 Å². The number of hydrogen-bond donors (Lipinski definition) is 3. The lowest BCUT2D eigenvalue weighted by Crippen LogP contribution is -2.36. The first-order valence-corrected chi connectivity index (χ1v) is 15.8. The van der Waals surface area contributed by atoms with Crippen LogP contribution in [0.15, 0.2) is 41.3 Å². The number of aromatic nitrogens is 2. The highest BCUT2D eigenvalue weighted by Crippen LogP contribution is 2.30. The lowest BCUT2D eigenvalue weighted by Gasteiger charge is -2.28. The predicted molar refractivity (Wildman–Crippen MR) is 154 cm³/mol. The van der Waals surface area contributed by atoms with Gasteiger partial charge in [0.1, 0.15) is 11.6 Å². The Kier molecular flexibility index (Phi) is 8.73. The Balaban J connectivity index is 1.22. The number of benzene rings is 2. The van der Waals surface area contributed by atoms with Crippen molar-refractivity contribution >= 4 is 27.4 Å². The molecule has 6 rings (SSSR count). The Hall–Kier alpha value is -3.43. The molecule has 0 spiro atoms. The summed E-state index contributed by atoms with van der Waals surface area (Å²) >= 11 is 0. The van der Waals surface area contributed by atoms with E-state index in [4.69, 9.17) is 9.47 Å². The molecule has 0 radical (unpaired) electrons. The summed E-state index contributed by atoms with van der Waals surface area (Å²) < 4.78 is 66.2. The van der Waals surface area contributed by atoms with Crippen LogP contribution in [0.3, 0.4) is 0 Å². The Morgan fingerprint density at radius 3 is 2.47 bits per heavy atom. The Morgan fingerprint density at radius 1 is 1.00 bits per heavy atom. The molecular weight excluding hydrogens is 582 g/mol. The molecule has 2 fully saturated rings. The monoisotopic (exact) mass is 616 g/mol. The van der Waals surface area contributed by atoms with Gasteiger partial charge in [0, 0.05) is 81.4 Å². The number of H-pyrrole nitrogens is 1. The number of hydrogen-bond acceptors (Lipinski definition) is 8.